The summed E-state index contributed by atoms with van der Waals surface area (Å²) < 4.78 is 1.83. The fourth-order valence-electron chi connectivity index (χ4n) is 3.37. The first-order valence-corrected chi connectivity index (χ1v) is 10.9. The summed E-state index contributed by atoms with van der Waals surface area (Å²) in [4.78, 5) is 13.8. The van der Waals surface area contributed by atoms with Crippen LogP contribution in [0.25, 0.3) is 5.70 Å². The Hall–Kier alpha value is -2.77. The number of nitrogens with zero attached hydrogens (tertiary/aromatic N) is 6. The molecule has 30 heavy (non-hydrogen) atoms. The molecule has 0 aromatic carbocycles. The van der Waals surface area contributed by atoms with Crippen LogP contribution >= 0.6 is 0 Å². The summed E-state index contributed by atoms with van der Waals surface area (Å²) in [5.41, 5.74) is 7.35. The van der Waals surface area contributed by atoms with E-state index in [2.05, 4.69) is 39.1 Å². The molecule has 2 aliphatic rings. The van der Waals surface area contributed by atoms with Crippen molar-refractivity contribution in [3.8, 4) is 0 Å². The molecule has 0 amide bonds. The number of nitrogens with one attached hydrogen (secondary N) is 1. The number of hydrogen-bond donors (Lipinski definition) is 2. The number of H-pyrrole nitrogens is 1. The smallest absolute Gasteiger partial charge is 0.195 e. The molecule has 8 nitrogen and oxygen atoms in total. The minimum absolute atomic E-state index is 0.476. The molecule has 4 unspecified atom stereocenters. The van der Waals surface area contributed by atoms with Crippen molar-refractivity contribution >= 4 is 11.4 Å². The van der Waals surface area contributed by atoms with E-state index in [1.165, 1.54) is 6.42 Å². The maximum absolute atomic E-state index is 5.69. The molecule has 0 radical (unpaired) electrons. The molecule has 0 saturated heterocycles. The van der Waals surface area contributed by atoms with E-state index in [-0.39, 0.29) is 0 Å². The molecule has 4 atom stereocenters. The summed E-state index contributed by atoms with van der Waals surface area (Å²) in [6.45, 7) is 12.3. The molecule has 2 aromatic heterocycles. The van der Waals surface area contributed by atoms with Crippen LogP contribution in [0.4, 0.5) is 0 Å². The topological polar surface area (TPSA) is 111 Å². The van der Waals surface area contributed by atoms with Crippen LogP contribution in [0.5, 0.6) is 0 Å². The molecule has 2 heterocycles. The van der Waals surface area contributed by atoms with E-state index < -0.39 is 0 Å². The quantitative estimate of drug-likeness (QED) is 0.670. The van der Waals surface area contributed by atoms with Gasteiger partial charge in [-0.2, -0.15) is 10.2 Å². The van der Waals surface area contributed by atoms with Gasteiger partial charge in [0.25, 0.3) is 0 Å². The summed E-state index contributed by atoms with van der Waals surface area (Å²) in [5, 5.41) is 12.0. The van der Waals surface area contributed by atoms with Gasteiger partial charge in [0.2, 0.25) is 0 Å². The third-order valence-electron chi connectivity index (χ3n) is 5.67. The zero-order chi connectivity index (χ0) is 21.8. The van der Waals surface area contributed by atoms with Crippen molar-refractivity contribution in [3.05, 3.63) is 41.8 Å². The maximum atomic E-state index is 5.69. The lowest BCUT2D eigenvalue weighted by Crippen LogP contribution is -2.04. The SMILES string of the molecule is CC.CC(=N/C=C/Cc1nc(C2CC2C)nn1/C(C)=C\N)c1n[nH]c(C2CC2C)n1. The lowest BCUT2D eigenvalue weighted by atomic mass is 10.3. The normalized spacial score (nSPS) is 25.9. The van der Waals surface area contributed by atoms with Gasteiger partial charge < -0.3 is 5.73 Å². The number of nitrogens with two attached hydrogens (primary N) is 1. The summed E-state index contributed by atoms with van der Waals surface area (Å²) in [6, 6.07) is 0. The van der Waals surface area contributed by atoms with E-state index in [0.717, 1.165) is 35.3 Å². The largest absolute Gasteiger partial charge is 0.403 e. The highest BCUT2D eigenvalue weighted by atomic mass is 15.4. The monoisotopic (exact) mass is 410 g/mol. The van der Waals surface area contributed by atoms with E-state index in [0.29, 0.717) is 35.9 Å². The lowest BCUT2D eigenvalue weighted by Gasteiger charge is -2.02. The molecule has 2 saturated carbocycles. The van der Waals surface area contributed by atoms with E-state index in [4.69, 9.17) is 10.7 Å². The van der Waals surface area contributed by atoms with Gasteiger partial charge in [-0.1, -0.05) is 33.8 Å². The van der Waals surface area contributed by atoms with Crippen LogP contribution in [-0.4, -0.2) is 35.7 Å². The maximum Gasteiger partial charge on any atom is 0.195 e. The van der Waals surface area contributed by atoms with E-state index in [9.17, 15) is 0 Å². The minimum Gasteiger partial charge on any atom is -0.403 e. The number of allylic oxidation sites excluding steroid dienone is 2. The first-order chi connectivity index (χ1) is 14.5. The van der Waals surface area contributed by atoms with Crippen LogP contribution in [0.2, 0.25) is 0 Å². The van der Waals surface area contributed by atoms with Gasteiger partial charge >= 0.3 is 0 Å². The molecule has 2 aromatic rings. The average Bonchev–Trinajstić information content (AvgIpc) is 3.53. The third kappa shape index (κ3) is 4.86. The predicted molar refractivity (Wildman–Crippen MR) is 120 cm³/mol. The number of aromatic amines is 1. The van der Waals surface area contributed by atoms with Gasteiger partial charge in [0.1, 0.15) is 11.6 Å². The van der Waals surface area contributed by atoms with E-state index in [1.807, 2.05) is 38.5 Å². The number of aliphatic imine (C=N–C) groups is 1. The lowest BCUT2D eigenvalue weighted by molar-refractivity contribution is 0.795. The molecule has 162 valence electrons. The second-order valence-electron chi connectivity index (χ2n) is 8.09. The van der Waals surface area contributed by atoms with Crippen molar-refractivity contribution in [1.29, 1.82) is 0 Å². The van der Waals surface area contributed by atoms with Crippen molar-refractivity contribution in [2.75, 3.05) is 0 Å². The van der Waals surface area contributed by atoms with Gasteiger partial charge in [-0.3, -0.25) is 10.1 Å². The van der Waals surface area contributed by atoms with Crippen molar-refractivity contribution in [3.63, 3.8) is 0 Å². The van der Waals surface area contributed by atoms with Gasteiger partial charge in [0.15, 0.2) is 11.6 Å². The molecule has 4 rings (SSSR count). The Kier molecular flexibility index (Phi) is 6.84. The summed E-state index contributed by atoms with van der Waals surface area (Å²) in [5.74, 6) is 5.79. The Balaban J connectivity index is 0.00000124. The van der Waals surface area contributed by atoms with Gasteiger partial charge in [-0.15, -0.1) is 0 Å². The fourth-order valence-corrected chi connectivity index (χ4v) is 3.37. The molecule has 8 heteroatoms. The van der Waals surface area contributed by atoms with Gasteiger partial charge in [0, 0.05) is 30.7 Å². The Morgan fingerprint density at radius 1 is 1.17 bits per heavy atom. The summed E-state index contributed by atoms with van der Waals surface area (Å²) in [7, 11) is 0. The molecule has 0 aliphatic heterocycles. The van der Waals surface area contributed by atoms with Crippen molar-refractivity contribution < 1.29 is 0 Å². The molecular weight excluding hydrogens is 376 g/mol. The first-order valence-electron chi connectivity index (χ1n) is 10.9. The Labute approximate surface area is 178 Å². The predicted octanol–water partition coefficient (Wildman–Crippen LogP) is 4.01. The molecule has 2 fully saturated rings. The third-order valence-corrected chi connectivity index (χ3v) is 5.67. The number of aromatic nitrogens is 6. The zero-order valence-corrected chi connectivity index (χ0v) is 18.9. The van der Waals surface area contributed by atoms with Crippen LogP contribution in [0, 0.1) is 11.8 Å². The van der Waals surface area contributed by atoms with Crippen molar-refractivity contribution in [2.45, 2.75) is 72.6 Å². The summed E-state index contributed by atoms with van der Waals surface area (Å²) in [6.07, 6.45) is 8.30. The average molecular weight is 411 g/mol. The van der Waals surface area contributed by atoms with E-state index in [1.54, 1.807) is 12.4 Å². The van der Waals surface area contributed by atoms with Gasteiger partial charge in [0.05, 0.1) is 11.4 Å². The Morgan fingerprint density at radius 2 is 1.83 bits per heavy atom. The standard InChI is InChI=1S/C20H28N8.C2H6/c1-11-8-15(11)19-24-18(25-26-19)14(4)22-7-5-6-17-23-20(16-9-12(16)2)27-28(17)13(3)10-21;1-2/h5,7,10-12,15-16H,6,8-9,21H2,1-4H3,(H,24,25,26);1-2H3/b7-5+,13-10-,22-14?;. The van der Waals surface area contributed by atoms with Crippen LogP contribution in [0.1, 0.15) is 89.5 Å². The Morgan fingerprint density at radius 3 is 2.43 bits per heavy atom. The van der Waals surface area contributed by atoms with Crippen LogP contribution in [0.15, 0.2) is 23.5 Å². The molecule has 0 bridgehead atoms. The highest BCUT2D eigenvalue weighted by Crippen LogP contribution is 2.46. The van der Waals surface area contributed by atoms with Gasteiger partial charge in [-0.25, -0.2) is 14.6 Å². The van der Waals surface area contributed by atoms with Gasteiger partial charge in [-0.05, 0) is 38.5 Å². The zero-order valence-electron chi connectivity index (χ0n) is 18.9. The van der Waals surface area contributed by atoms with Crippen LogP contribution < -0.4 is 5.73 Å². The number of rotatable bonds is 7. The van der Waals surface area contributed by atoms with Crippen LogP contribution in [0.3, 0.4) is 0 Å². The van der Waals surface area contributed by atoms with Crippen LogP contribution in [-0.2, 0) is 6.42 Å². The molecule has 0 spiro atoms. The minimum atomic E-state index is 0.476. The molecule has 2 aliphatic carbocycles. The number of hydrogen-bond acceptors (Lipinski definition) is 6. The molecule has 3 N–H and O–H groups in total. The fraction of sp³-hybridized carbons (Fsp3) is 0.591. The second kappa shape index (κ2) is 9.36. The first kappa shape index (κ1) is 21.9. The highest BCUT2D eigenvalue weighted by molar-refractivity contribution is 5.95. The highest BCUT2D eigenvalue weighted by Gasteiger charge is 2.38. The summed E-state index contributed by atoms with van der Waals surface area (Å²) >= 11 is 0. The molecular formula is C22H34N8. The van der Waals surface area contributed by atoms with Crippen molar-refractivity contribution in [1.82, 2.24) is 29.9 Å². The Bertz CT molecular complexity index is 948. The van der Waals surface area contributed by atoms with E-state index >= 15 is 0 Å². The second-order valence-corrected chi connectivity index (χ2v) is 8.09. The van der Waals surface area contributed by atoms with Crippen molar-refractivity contribution in [2.24, 2.45) is 22.6 Å².